The van der Waals surface area contributed by atoms with Gasteiger partial charge in [-0.2, -0.15) is 0 Å². The normalized spacial score (nSPS) is 19.9. The van der Waals surface area contributed by atoms with Gasteiger partial charge in [0.25, 0.3) is 0 Å². The van der Waals surface area contributed by atoms with E-state index in [1.54, 1.807) is 7.11 Å². The molecule has 1 heterocycles. The van der Waals surface area contributed by atoms with Gasteiger partial charge >= 0.3 is 0 Å². The lowest BCUT2D eigenvalue weighted by Gasteiger charge is -2.27. The van der Waals surface area contributed by atoms with Crippen LogP contribution in [-0.4, -0.2) is 49.0 Å². The molecule has 1 saturated heterocycles. The molecule has 0 radical (unpaired) electrons. The summed E-state index contributed by atoms with van der Waals surface area (Å²) in [6.07, 6.45) is 3.03. The van der Waals surface area contributed by atoms with E-state index >= 15 is 0 Å². The van der Waals surface area contributed by atoms with Gasteiger partial charge in [-0.1, -0.05) is 25.1 Å². The van der Waals surface area contributed by atoms with Crippen LogP contribution in [0.25, 0.3) is 0 Å². The van der Waals surface area contributed by atoms with E-state index in [9.17, 15) is 5.11 Å². The minimum absolute atomic E-state index is 0.291. The Bertz CT molecular complexity index is 418. The predicted octanol–water partition coefficient (Wildman–Crippen LogP) is 2.45. The molecular weight excluding hydrogens is 266 g/mol. The van der Waals surface area contributed by atoms with Gasteiger partial charge in [-0.3, -0.25) is 4.90 Å². The van der Waals surface area contributed by atoms with Crippen LogP contribution in [0.15, 0.2) is 24.3 Å². The first kappa shape index (κ1) is 16.3. The Labute approximate surface area is 127 Å². The maximum absolute atomic E-state index is 9.99. The molecule has 21 heavy (non-hydrogen) atoms. The minimum Gasteiger partial charge on any atom is -0.496 e. The maximum atomic E-state index is 9.99. The van der Waals surface area contributed by atoms with Gasteiger partial charge in [0.05, 0.1) is 19.3 Å². The molecule has 118 valence electrons. The Hall–Kier alpha value is -1.10. The summed E-state index contributed by atoms with van der Waals surface area (Å²) in [5, 5.41) is 9.99. The van der Waals surface area contributed by atoms with Gasteiger partial charge in [0.15, 0.2) is 0 Å². The van der Waals surface area contributed by atoms with E-state index in [0.29, 0.717) is 12.6 Å². The van der Waals surface area contributed by atoms with E-state index < -0.39 is 0 Å². The molecule has 1 aliphatic heterocycles. The van der Waals surface area contributed by atoms with Crippen LogP contribution < -0.4 is 4.74 Å². The first-order chi connectivity index (χ1) is 10.2. The van der Waals surface area contributed by atoms with E-state index in [1.165, 1.54) is 0 Å². The van der Waals surface area contributed by atoms with E-state index in [-0.39, 0.29) is 6.10 Å². The maximum Gasteiger partial charge on any atom is 0.123 e. The summed E-state index contributed by atoms with van der Waals surface area (Å²) >= 11 is 0. The lowest BCUT2D eigenvalue weighted by atomic mass is 10.1. The van der Waals surface area contributed by atoms with Crippen molar-refractivity contribution >= 4 is 0 Å². The SMILES string of the molecule is CCC(O)CN(Cc1ccccc1OC)CC1CCCO1. The second kappa shape index (κ2) is 8.37. The van der Waals surface area contributed by atoms with Crippen molar-refractivity contribution < 1.29 is 14.6 Å². The average molecular weight is 293 g/mol. The molecule has 1 aromatic carbocycles. The molecule has 2 atom stereocenters. The molecule has 0 saturated carbocycles. The molecule has 2 unspecified atom stereocenters. The summed E-state index contributed by atoms with van der Waals surface area (Å²) in [5.41, 5.74) is 1.15. The van der Waals surface area contributed by atoms with Gasteiger partial charge in [0.1, 0.15) is 5.75 Å². The van der Waals surface area contributed by atoms with Gasteiger partial charge in [-0.25, -0.2) is 0 Å². The fourth-order valence-electron chi connectivity index (χ4n) is 2.78. The number of aliphatic hydroxyl groups excluding tert-OH is 1. The highest BCUT2D eigenvalue weighted by Crippen LogP contribution is 2.21. The van der Waals surface area contributed by atoms with Crippen LogP contribution >= 0.6 is 0 Å². The third kappa shape index (κ3) is 4.99. The van der Waals surface area contributed by atoms with Crippen molar-refractivity contribution in [1.82, 2.24) is 4.90 Å². The quantitative estimate of drug-likeness (QED) is 0.799. The second-order valence-corrected chi connectivity index (χ2v) is 5.70. The third-order valence-electron chi connectivity index (χ3n) is 4.01. The molecule has 0 amide bonds. The van der Waals surface area contributed by atoms with Crippen LogP contribution in [-0.2, 0) is 11.3 Å². The molecule has 1 N–H and O–H groups in total. The molecule has 0 aromatic heterocycles. The largest absolute Gasteiger partial charge is 0.496 e. The van der Waals surface area contributed by atoms with E-state index in [1.807, 2.05) is 25.1 Å². The highest BCUT2D eigenvalue weighted by molar-refractivity contribution is 5.33. The average Bonchev–Trinajstić information content (AvgIpc) is 3.00. The van der Waals surface area contributed by atoms with Gasteiger partial charge in [0.2, 0.25) is 0 Å². The fraction of sp³-hybridized carbons (Fsp3) is 0.647. The monoisotopic (exact) mass is 293 g/mol. The summed E-state index contributed by atoms with van der Waals surface area (Å²) in [6, 6.07) is 8.07. The number of nitrogens with zero attached hydrogens (tertiary/aromatic N) is 1. The van der Waals surface area contributed by atoms with Crippen molar-refractivity contribution in [3.8, 4) is 5.75 Å². The Balaban J connectivity index is 2.02. The number of hydrogen-bond donors (Lipinski definition) is 1. The molecule has 1 aromatic rings. The van der Waals surface area contributed by atoms with Crippen LogP contribution in [0.3, 0.4) is 0 Å². The zero-order valence-electron chi connectivity index (χ0n) is 13.1. The van der Waals surface area contributed by atoms with Gasteiger partial charge in [-0.05, 0) is 25.3 Å². The van der Waals surface area contributed by atoms with Gasteiger partial charge in [-0.15, -0.1) is 0 Å². The van der Waals surface area contributed by atoms with Crippen LogP contribution in [0.1, 0.15) is 31.7 Å². The Morgan fingerprint density at radius 2 is 2.24 bits per heavy atom. The molecule has 0 spiro atoms. The summed E-state index contributed by atoms with van der Waals surface area (Å²) in [7, 11) is 1.70. The summed E-state index contributed by atoms with van der Waals surface area (Å²) in [4.78, 5) is 2.28. The fourth-order valence-corrected chi connectivity index (χ4v) is 2.78. The Morgan fingerprint density at radius 3 is 2.90 bits per heavy atom. The summed E-state index contributed by atoms with van der Waals surface area (Å²) in [6.45, 7) is 5.20. The van der Waals surface area contributed by atoms with Gasteiger partial charge in [0, 0.05) is 31.8 Å². The predicted molar refractivity (Wildman–Crippen MR) is 83.5 cm³/mol. The van der Waals surface area contributed by atoms with Crippen molar-refractivity contribution in [1.29, 1.82) is 0 Å². The number of hydrogen-bond acceptors (Lipinski definition) is 4. The smallest absolute Gasteiger partial charge is 0.123 e. The van der Waals surface area contributed by atoms with E-state index in [0.717, 1.165) is 50.3 Å². The van der Waals surface area contributed by atoms with Crippen LogP contribution in [0.5, 0.6) is 5.75 Å². The number of methoxy groups -OCH3 is 1. The van der Waals surface area contributed by atoms with Crippen molar-refractivity contribution in [3.05, 3.63) is 29.8 Å². The van der Waals surface area contributed by atoms with Crippen LogP contribution in [0.2, 0.25) is 0 Å². The number of para-hydroxylation sites is 1. The topological polar surface area (TPSA) is 41.9 Å². The van der Waals surface area contributed by atoms with Gasteiger partial charge < -0.3 is 14.6 Å². The highest BCUT2D eigenvalue weighted by atomic mass is 16.5. The van der Waals surface area contributed by atoms with E-state index in [4.69, 9.17) is 9.47 Å². The zero-order chi connectivity index (χ0) is 15.1. The Morgan fingerprint density at radius 1 is 1.43 bits per heavy atom. The van der Waals surface area contributed by atoms with Crippen LogP contribution in [0, 0.1) is 0 Å². The van der Waals surface area contributed by atoms with Crippen molar-refractivity contribution in [2.24, 2.45) is 0 Å². The first-order valence-electron chi connectivity index (χ1n) is 7.86. The molecule has 0 aliphatic carbocycles. The number of ether oxygens (including phenoxy) is 2. The summed E-state index contributed by atoms with van der Waals surface area (Å²) in [5.74, 6) is 0.904. The molecule has 2 rings (SSSR count). The molecule has 4 nitrogen and oxygen atoms in total. The van der Waals surface area contributed by atoms with Crippen molar-refractivity contribution in [3.63, 3.8) is 0 Å². The molecule has 1 fully saturated rings. The first-order valence-corrected chi connectivity index (χ1v) is 7.86. The standard InChI is InChI=1S/C17H27NO3/c1-3-15(19)12-18(13-16-8-6-10-21-16)11-14-7-4-5-9-17(14)20-2/h4-5,7,9,15-16,19H,3,6,8,10-13H2,1-2H3. The van der Waals surface area contributed by atoms with E-state index in [2.05, 4.69) is 11.0 Å². The molecule has 0 bridgehead atoms. The minimum atomic E-state index is -0.291. The van der Waals surface area contributed by atoms with Crippen molar-refractivity contribution in [2.75, 3.05) is 26.8 Å². The van der Waals surface area contributed by atoms with Crippen LogP contribution in [0.4, 0.5) is 0 Å². The van der Waals surface area contributed by atoms with Crippen molar-refractivity contribution in [2.45, 2.75) is 44.9 Å². The lowest BCUT2D eigenvalue weighted by molar-refractivity contribution is 0.0452. The second-order valence-electron chi connectivity index (χ2n) is 5.70. The Kier molecular flexibility index (Phi) is 6.49. The molecule has 1 aliphatic rings. The zero-order valence-corrected chi connectivity index (χ0v) is 13.1. The lowest BCUT2D eigenvalue weighted by Crippen LogP contribution is -2.37. The molecular formula is C17H27NO3. The molecule has 4 heteroatoms. The third-order valence-corrected chi connectivity index (χ3v) is 4.01. The number of aliphatic hydroxyl groups is 1. The highest BCUT2D eigenvalue weighted by Gasteiger charge is 2.21. The summed E-state index contributed by atoms with van der Waals surface area (Å²) < 4.78 is 11.2. The number of benzene rings is 1. The number of rotatable bonds is 8.